The number of aliphatic hydroxyl groups is 1. The van der Waals surface area contributed by atoms with Crippen molar-refractivity contribution in [1.82, 2.24) is 66.2 Å². The van der Waals surface area contributed by atoms with Gasteiger partial charge in [0.15, 0.2) is 60.4 Å². The molecule has 6 bridgehead atoms. The first-order chi connectivity index (χ1) is 63.1. The van der Waals surface area contributed by atoms with Gasteiger partial charge in [-0.1, -0.05) is 15.6 Å². The lowest BCUT2D eigenvalue weighted by atomic mass is 9.87. The van der Waals surface area contributed by atoms with Crippen molar-refractivity contribution in [3.8, 4) is 0 Å². The van der Waals surface area contributed by atoms with Crippen LogP contribution in [-0.2, 0) is 220 Å². The fourth-order valence-electron chi connectivity index (χ4n) is 14.4. The van der Waals surface area contributed by atoms with Crippen molar-refractivity contribution in [2.24, 2.45) is 0 Å². The molecule has 1 unspecified atom stereocenters. The number of carbonyl (C=O) groups excluding carboxylic acids is 10. The van der Waals surface area contributed by atoms with Gasteiger partial charge in [0.2, 0.25) is 29.9 Å². The Labute approximate surface area is 753 Å². The maximum absolute atomic E-state index is 13.7. The van der Waals surface area contributed by atoms with Gasteiger partial charge in [-0.15, -0.1) is 15.3 Å². The molecule has 0 aromatic carbocycles. The maximum atomic E-state index is 13.7. The normalized spacial score (nSPS) is 25.1. The Balaban J connectivity index is 0.677. The molecule has 0 aliphatic carbocycles. The number of hydrogen-bond acceptors (Lipinski definition) is 45. The number of rotatable bonds is 67. The van der Waals surface area contributed by atoms with E-state index in [-0.39, 0.29) is 231 Å². The van der Waals surface area contributed by atoms with Gasteiger partial charge in [0.25, 0.3) is 5.79 Å². The van der Waals surface area contributed by atoms with Crippen LogP contribution < -0.4 is 21.3 Å². The first-order valence-corrected chi connectivity index (χ1v) is 42.8. The number of hydrogen-bond donors (Lipinski definition) is 5. The van der Waals surface area contributed by atoms with Crippen molar-refractivity contribution in [3.05, 3.63) is 35.7 Å². The molecule has 9 rings (SSSR count). The minimum Gasteiger partial charge on any atom is -0.456 e. The fourth-order valence-corrected chi connectivity index (χ4v) is 14.4. The van der Waals surface area contributed by atoms with E-state index in [2.05, 4.69) is 52.2 Å². The van der Waals surface area contributed by atoms with Crippen LogP contribution >= 0.6 is 0 Å². The average Bonchev–Trinajstić information content (AvgIpc) is 1.62. The summed E-state index contributed by atoms with van der Waals surface area (Å²) in [5.74, 6) is -7.67. The molecule has 0 saturated carbocycles. The predicted molar refractivity (Wildman–Crippen MR) is 429 cm³/mol. The molecule has 738 valence electrons. The summed E-state index contributed by atoms with van der Waals surface area (Å²) in [6.45, 7) is 15.0. The van der Waals surface area contributed by atoms with Crippen molar-refractivity contribution >= 4 is 59.4 Å². The number of nitrogens with zero attached hydrogens (tertiary/aromatic N) is 9. The van der Waals surface area contributed by atoms with Crippen LogP contribution in [0.3, 0.4) is 0 Å². The molecule has 52 nitrogen and oxygen atoms in total. The molecule has 131 heavy (non-hydrogen) atoms. The summed E-state index contributed by atoms with van der Waals surface area (Å²) in [4.78, 5) is 133. The quantitative estimate of drug-likeness (QED) is 0.0154. The summed E-state index contributed by atoms with van der Waals surface area (Å²) in [5.41, 5.74) is -2.62. The van der Waals surface area contributed by atoms with Gasteiger partial charge in [-0.05, 0) is 6.42 Å². The Morgan fingerprint density at radius 2 is 0.695 bits per heavy atom. The number of amides is 4. The third-order valence-electron chi connectivity index (χ3n) is 19.8. The number of ether oxygens (including phenoxy) is 26. The van der Waals surface area contributed by atoms with Crippen LogP contribution in [0, 0.1) is 0 Å². The molecule has 5 N–H and O–H groups in total. The second-order valence-corrected chi connectivity index (χ2v) is 30.9. The monoisotopic (exact) mass is 1880 g/mol. The Morgan fingerprint density at radius 3 is 1.02 bits per heavy atom. The second kappa shape index (κ2) is 55.1. The lowest BCUT2D eigenvalue weighted by Crippen LogP contribution is -2.68. The first-order valence-electron chi connectivity index (χ1n) is 42.8. The molecule has 0 radical (unpaired) electrons. The van der Waals surface area contributed by atoms with E-state index in [1.54, 1.807) is 32.6 Å². The van der Waals surface area contributed by atoms with E-state index in [9.17, 15) is 53.1 Å². The van der Waals surface area contributed by atoms with E-state index in [1.165, 1.54) is 48.5 Å². The summed E-state index contributed by atoms with van der Waals surface area (Å²) in [6, 6.07) is -2.95. The second-order valence-electron chi connectivity index (χ2n) is 30.9. The standard InChI is InChI=1S/C79H123N13O39/c1-51(94)80-64-67(121-54(4)97)70(124-57(7)100)77(48-119-73(64)127-77)46-113-34-31-110-28-25-107-22-19-104-16-12-90-37-60(84-87-90)40-116-43-76(83-63(103)11-10-15-93,44-117-41-61-38-91(88-85-61)13-17-105-20-23-108-26-29-111-32-35-114-47-78-49-120-74(128-78)65(81-52(2)95)68(122-55(5)98)71(78)125-58(8)101)45-118-42-62-39-92(89-86-62)14-18-106-21-24-109-27-30-112-33-36-115-50-79-72(126-59(9)102)69(123-56(6)99)66(82-53(3)96)75(129-79)130-131-79/h37-39,64-75,93H,10-36,40-50H2,1-9H3,(H,80,94)(H,81,95)(H,82,96)(H,83,103)/t64-,65-,66-,67-,68-,69-,70-,71-,72-,73-,74+,75-,76?,77+,78+,79+/m1/s1. The van der Waals surface area contributed by atoms with E-state index >= 15 is 0 Å². The molecule has 52 heteroatoms. The molecule has 6 saturated heterocycles. The highest BCUT2D eigenvalue weighted by Crippen LogP contribution is 2.44. The van der Waals surface area contributed by atoms with Gasteiger partial charge in [0, 0.05) is 75.3 Å². The highest BCUT2D eigenvalue weighted by Gasteiger charge is 2.67. The molecule has 6 aliphatic heterocycles. The molecule has 6 fully saturated rings. The van der Waals surface area contributed by atoms with Gasteiger partial charge < -0.3 is 150 Å². The number of nitrogens with one attached hydrogen (secondary N) is 4. The van der Waals surface area contributed by atoms with Gasteiger partial charge in [-0.25, -0.2) is 14.0 Å². The minimum atomic E-state index is -1.82. The highest BCUT2D eigenvalue weighted by atomic mass is 17.3. The van der Waals surface area contributed by atoms with Crippen molar-refractivity contribution in [2.75, 3.05) is 198 Å². The third kappa shape index (κ3) is 34.9. The van der Waals surface area contributed by atoms with Crippen LogP contribution in [0.1, 0.15) is 92.2 Å². The topological polar surface area (TPSA) is 590 Å². The molecule has 0 spiro atoms. The number of esters is 6. The lowest BCUT2D eigenvalue weighted by molar-refractivity contribution is -0.359. The summed E-state index contributed by atoms with van der Waals surface area (Å²) in [6.07, 6.45) is -5.11. The molecule has 3 aromatic rings. The lowest BCUT2D eigenvalue weighted by Gasteiger charge is -2.45. The van der Waals surface area contributed by atoms with E-state index in [0.717, 1.165) is 13.8 Å². The van der Waals surface area contributed by atoms with Gasteiger partial charge >= 0.3 is 35.8 Å². The maximum Gasteiger partial charge on any atom is 0.303 e. The van der Waals surface area contributed by atoms with Crippen LogP contribution in [-0.4, -0.2) is 404 Å². The van der Waals surface area contributed by atoms with Gasteiger partial charge in [0.05, 0.1) is 243 Å². The SMILES string of the molecule is CC(=O)N[C@H]1[C@@H]2OC[C@](COCCOCCOCCOCCn3cc(COCC(COCc4cn(CCOCCOCCOCCOC[C@@]56CO[C@@H](O5)[C@H](NC(C)=O)[C@@H](OC(C)=O)[C@H]6OC(C)=O)nn4)(COCc4cn(CCOCCOCCOCCOC[C@@]56OO[C@@H](O5)[C@H](NC(C)=O)[C@@H](OC(C)=O)[C@H]6OC(C)=O)nn4)NC(=O)CCCO)nn3)(O2)[C@H](OC(C)=O)[C@@H]1OC(C)=O. The summed E-state index contributed by atoms with van der Waals surface area (Å²) < 4.78 is 155. The Hall–Kier alpha value is -8.80. The Bertz CT molecular complexity index is 3640. The smallest absolute Gasteiger partial charge is 0.303 e. The van der Waals surface area contributed by atoms with Crippen LogP contribution in [0.25, 0.3) is 0 Å². The van der Waals surface area contributed by atoms with E-state index in [1.807, 2.05) is 0 Å². The van der Waals surface area contributed by atoms with Crippen molar-refractivity contribution in [2.45, 2.75) is 211 Å². The summed E-state index contributed by atoms with van der Waals surface area (Å²) >= 11 is 0. The zero-order valence-corrected chi connectivity index (χ0v) is 75.0. The number of aliphatic hydroxyl groups excluding tert-OH is 1. The van der Waals surface area contributed by atoms with E-state index in [0.29, 0.717) is 36.7 Å². The number of carbonyl (C=O) groups is 10. The molecule has 6 aliphatic rings. The van der Waals surface area contributed by atoms with Crippen LogP contribution in [0.4, 0.5) is 0 Å². The Morgan fingerprint density at radius 1 is 0.389 bits per heavy atom. The third-order valence-corrected chi connectivity index (χ3v) is 19.8. The van der Waals surface area contributed by atoms with E-state index in [4.69, 9.17) is 133 Å². The van der Waals surface area contributed by atoms with Crippen LogP contribution in [0.15, 0.2) is 18.6 Å². The molecule has 4 amide bonds. The minimum absolute atomic E-state index is 0.0306. The van der Waals surface area contributed by atoms with E-state index < -0.39 is 156 Å². The van der Waals surface area contributed by atoms with Crippen LogP contribution in [0.2, 0.25) is 0 Å². The summed E-state index contributed by atoms with van der Waals surface area (Å²) in [5, 5.41) is 46.2. The molecular formula is C79H123N13O39. The number of fused-ring (bicyclic) bond motifs is 6. The number of aromatic nitrogens is 9. The first kappa shape index (κ1) is 106. The van der Waals surface area contributed by atoms with Crippen molar-refractivity contribution < 1.29 is 186 Å². The zero-order chi connectivity index (χ0) is 94.0. The molecule has 3 aromatic heterocycles. The average molecular weight is 1880 g/mol. The van der Waals surface area contributed by atoms with Crippen molar-refractivity contribution in [1.29, 1.82) is 0 Å². The van der Waals surface area contributed by atoms with Gasteiger partial charge in [-0.3, -0.25) is 47.9 Å². The molecule has 16 atom stereocenters. The summed E-state index contributed by atoms with van der Waals surface area (Å²) in [7, 11) is 0. The molecular weight excluding hydrogens is 1750 g/mol. The molecule has 9 heterocycles. The predicted octanol–water partition coefficient (Wildman–Crippen LogP) is -4.39. The van der Waals surface area contributed by atoms with Gasteiger partial charge in [-0.2, -0.15) is 9.78 Å². The largest absolute Gasteiger partial charge is 0.456 e. The highest BCUT2D eigenvalue weighted by molar-refractivity contribution is 5.77. The zero-order valence-electron chi connectivity index (χ0n) is 75.0. The fraction of sp³-hybridized carbons (Fsp3) is 0.797. The van der Waals surface area contributed by atoms with Crippen molar-refractivity contribution in [3.63, 3.8) is 0 Å². The van der Waals surface area contributed by atoms with Gasteiger partial charge in [0.1, 0.15) is 47.4 Å². The van der Waals surface area contributed by atoms with Crippen LogP contribution in [0.5, 0.6) is 0 Å². The Kier molecular flexibility index (Phi) is 44.6.